The smallest absolute Gasteiger partial charge is 0.254 e. The molecular formula is C10H15NO. The van der Waals surface area contributed by atoms with Gasteiger partial charge in [0.25, 0.3) is 5.91 Å². The van der Waals surface area contributed by atoms with Crippen LogP contribution >= 0.6 is 0 Å². The van der Waals surface area contributed by atoms with Crippen LogP contribution in [0.4, 0.5) is 0 Å². The Hall–Kier alpha value is -1.05. The first kappa shape index (κ1) is 9.04. The summed E-state index contributed by atoms with van der Waals surface area (Å²) in [5.41, 5.74) is 1.41. The largest absolute Gasteiger partial charge is 0.304 e. The van der Waals surface area contributed by atoms with Gasteiger partial charge in [-0.25, -0.2) is 0 Å². The highest BCUT2D eigenvalue weighted by Gasteiger charge is 2.32. The number of allylic oxidation sites excluding steroid dienone is 1. The molecule has 0 saturated heterocycles. The van der Waals surface area contributed by atoms with E-state index in [1.54, 1.807) is 4.90 Å². The summed E-state index contributed by atoms with van der Waals surface area (Å²) < 4.78 is 0. The Kier molecular flexibility index (Phi) is 1.86. The van der Waals surface area contributed by atoms with Crippen LogP contribution in [0.1, 0.15) is 27.7 Å². The zero-order valence-electron chi connectivity index (χ0n) is 8.14. The molecule has 0 N–H and O–H groups in total. The number of hydrogen-bond acceptors (Lipinski definition) is 1. The van der Waals surface area contributed by atoms with E-state index in [0.29, 0.717) is 0 Å². The number of amides is 1. The molecule has 0 bridgehead atoms. The molecule has 1 aliphatic rings. The lowest BCUT2D eigenvalue weighted by atomic mass is 10.1. The van der Waals surface area contributed by atoms with Crippen LogP contribution in [0, 0.1) is 0 Å². The maximum Gasteiger partial charge on any atom is 0.254 e. The van der Waals surface area contributed by atoms with Crippen LogP contribution in [0.5, 0.6) is 0 Å². The molecule has 0 fully saturated rings. The third-order valence-corrected chi connectivity index (χ3v) is 1.88. The van der Waals surface area contributed by atoms with Crippen molar-refractivity contribution in [2.45, 2.75) is 33.2 Å². The van der Waals surface area contributed by atoms with Gasteiger partial charge in [0.2, 0.25) is 0 Å². The molecule has 1 aliphatic heterocycles. The quantitative estimate of drug-likeness (QED) is 0.538. The van der Waals surface area contributed by atoms with E-state index in [1.807, 2.05) is 33.8 Å². The number of carbonyl (C=O) groups excluding carboxylic acids is 1. The van der Waals surface area contributed by atoms with Gasteiger partial charge in [0.05, 0.1) is 0 Å². The van der Waals surface area contributed by atoms with Crippen LogP contribution in [-0.2, 0) is 4.79 Å². The van der Waals surface area contributed by atoms with Gasteiger partial charge in [0.1, 0.15) is 0 Å². The first-order chi connectivity index (χ1) is 5.34. The van der Waals surface area contributed by atoms with E-state index in [-0.39, 0.29) is 11.4 Å². The van der Waals surface area contributed by atoms with E-state index in [1.165, 1.54) is 0 Å². The lowest BCUT2D eigenvalue weighted by Gasteiger charge is -2.32. The van der Waals surface area contributed by atoms with Gasteiger partial charge in [-0.05, 0) is 33.8 Å². The summed E-state index contributed by atoms with van der Waals surface area (Å²) >= 11 is 0. The van der Waals surface area contributed by atoms with Crippen LogP contribution in [0.3, 0.4) is 0 Å². The highest BCUT2D eigenvalue weighted by Crippen LogP contribution is 2.27. The minimum atomic E-state index is -0.164. The third kappa shape index (κ3) is 1.29. The summed E-state index contributed by atoms with van der Waals surface area (Å²) in [5, 5.41) is 0. The van der Waals surface area contributed by atoms with E-state index in [0.717, 1.165) is 11.3 Å². The van der Waals surface area contributed by atoms with E-state index < -0.39 is 0 Å². The fourth-order valence-electron chi connectivity index (χ4n) is 1.42. The van der Waals surface area contributed by atoms with Gasteiger partial charge in [0, 0.05) is 16.8 Å². The maximum atomic E-state index is 11.6. The van der Waals surface area contributed by atoms with Crippen molar-refractivity contribution >= 4 is 5.91 Å². The predicted octanol–water partition coefficient (Wildman–Crippen LogP) is 2.09. The van der Waals surface area contributed by atoms with Crippen molar-refractivity contribution in [1.29, 1.82) is 0 Å². The molecule has 12 heavy (non-hydrogen) atoms. The van der Waals surface area contributed by atoms with Crippen molar-refractivity contribution in [3.63, 3.8) is 0 Å². The van der Waals surface area contributed by atoms with Gasteiger partial charge in [-0.1, -0.05) is 6.58 Å². The summed E-state index contributed by atoms with van der Waals surface area (Å²) in [6.07, 6.45) is 1.83. The molecule has 0 radical (unpaired) electrons. The van der Waals surface area contributed by atoms with Gasteiger partial charge < -0.3 is 4.90 Å². The zero-order valence-corrected chi connectivity index (χ0v) is 8.14. The summed E-state index contributed by atoms with van der Waals surface area (Å²) in [5.74, 6) is 0.0764. The predicted molar refractivity (Wildman–Crippen MR) is 49.5 cm³/mol. The van der Waals surface area contributed by atoms with E-state index in [4.69, 9.17) is 0 Å². The second-order valence-corrected chi connectivity index (χ2v) is 4.13. The van der Waals surface area contributed by atoms with E-state index in [2.05, 4.69) is 6.58 Å². The van der Waals surface area contributed by atoms with Crippen LogP contribution in [0.15, 0.2) is 23.9 Å². The summed E-state index contributed by atoms with van der Waals surface area (Å²) in [4.78, 5) is 13.3. The van der Waals surface area contributed by atoms with Crippen molar-refractivity contribution < 1.29 is 4.79 Å². The molecule has 0 aromatic heterocycles. The molecule has 66 valence electrons. The Balaban J connectivity index is 2.99. The normalized spacial score (nSPS) is 18.7. The molecule has 0 unspecified atom stereocenters. The standard InChI is InChI=1S/C10H15NO/c1-7-6-8(2)11(9(7)12)10(3,4)5/h6H,2H2,1,3-5H3. The minimum Gasteiger partial charge on any atom is -0.304 e. The number of rotatable bonds is 0. The lowest BCUT2D eigenvalue weighted by Crippen LogP contribution is -2.41. The molecule has 0 aromatic rings. The number of nitrogens with zero attached hydrogens (tertiary/aromatic N) is 1. The van der Waals surface area contributed by atoms with Crippen LogP contribution in [-0.4, -0.2) is 16.3 Å². The Labute approximate surface area is 73.6 Å². The maximum absolute atomic E-state index is 11.6. The summed E-state index contributed by atoms with van der Waals surface area (Å²) in [6.45, 7) is 11.7. The van der Waals surface area contributed by atoms with Crippen molar-refractivity contribution in [3.8, 4) is 0 Å². The molecule has 0 saturated carbocycles. The third-order valence-electron chi connectivity index (χ3n) is 1.88. The Morgan fingerprint density at radius 3 is 2.08 bits per heavy atom. The monoisotopic (exact) mass is 165 g/mol. The molecule has 1 heterocycles. The molecule has 0 aliphatic carbocycles. The topological polar surface area (TPSA) is 20.3 Å². The Morgan fingerprint density at radius 1 is 1.42 bits per heavy atom. The average molecular weight is 165 g/mol. The molecule has 0 aromatic carbocycles. The van der Waals surface area contributed by atoms with Crippen LogP contribution in [0.2, 0.25) is 0 Å². The van der Waals surface area contributed by atoms with Crippen LogP contribution in [0.25, 0.3) is 0 Å². The van der Waals surface area contributed by atoms with E-state index >= 15 is 0 Å². The highest BCUT2D eigenvalue weighted by atomic mass is 16.2. The Bertz CT molecular complexity index is 268. The first-order valence-corrected chi connectivity index (χ1v) is 4.06. The molecule has 1 rings (SSSR count). The molecule has 2 heteroatoms. The fourth-order valence-corrected chi connectivity index (χ4v) is 1.42. The van der Waals surface area contributed by atoms with Crippen molar-refractivity contribution in [2.24, 2.45) is 0 Å². The van der Waals surface area contributed by atoms with Gasteiger partial charge in [-0.2, -0.15) is 0 Å². The van der Waals surface area contributed by atoms with Gasteiger partial charge >= 0.3 is 0 Å². The molecule has 0 spiro atoms. The summed E-state index contributed by atoms with van der Waals surface area (Å²) in [7, 11) is 0. The van der Waals surface area contributed by atoms with Gasteiger partial charge in [-0.3, -0.25) is 4.79 Å². The first-order valence-electron chi connectivity index (χ1n) is 4.06. The SMILES string of the molecule is C=C1C=C(C)C(=O)N1C(C)(C)C. The average Bonchev–Trinajstić information content (AvgIpc) is 2.05. The minimum absolute atomic E-state index is 0.0764. The van der Waals surface area contributed by atoms with Crippen molar-refractivity contribution in [3.05, 3.63) is 23.9 Å². The number of hydrogen-bond donors (Lipinski definition) is 0. The van der Waals surface area contributed by atoms with Gasteiger partial charge in [-0.15, -0.1) is 0 Å². The van der Waals surface area contributed by atoms with Crippen molar-refractivity contribution in [2.75, 3.05) is 0 Å². The second kappa shape index (κ2) is 2.47. The lowest BCUT2D eigenvalue weighted by molar-refractivity contribution is -0.127. The molecule has 0 atom stereocenters. The van der Waals surface area contributed by atoms with E-state index in [9.17, 15) is 4.79 Å². The molecule has 1 amide bonds. The van der Waals surface area contributed by atoms with Crippen molar-refractivity contribution in [1.82, 2.24) is 4.90 Å². The second-order valence-electron chi connectivity index (χ2n) is 4.13. The molecular weight excluding hydrogens is 150 g/mol. The Morgan fingerprint density at radius 2 is 1.92 bits per heavy atom. The summed E-state index contributed by atoms with van der Waals surface area (Å²) in [6, 6.07) is 0. The van der Waals surface area contributed by atoms with Gasteiger partial charge in [0.15, 0.2) is 0 Å². The van der Waals surface area contributed by atoms with Crippen LogP contribution < -0.4 is 0 Å². The number of carbonyl (C=O) groups is 1. The fraction of sp³-hybridized carbons (Fsp3) is 0.500. The highest BCUT2D eigenvalue weighted by molar-refractivity contribution is 5.98. The molecule has 2 nitrogen and oxygen atoms in total. The zero-order chi connectivity index (χ0) is 9.52.